The van der Waals surface area contributed by atoms with E-state index in [1.165, 1.54) is 0 Å². The van der Waals surface area contributed by atoms with Gasteiger partial charge < -0.3 is 24.8 Å². The second-order valence-corrected chi connectivity index (χ2v) is 11.8. The molecule has 0 saturated carbocycles. The highest BCUT2D eigenvalue weighted by atomic mass is 19.2. The minimum Gasteiger partial charge on any atom is -0.392 e. The summed E-state index contributed by atoms with van der Waals surface area (Å²) < 4.78 is 81.7. The molecular formula is C37H35F5N2O4. The lowest BCUT2D eigenvalue weighted by Crippen LogP contribution is -2.43. The highest BCUT2D eigenvalue weighted by molar-refractivity contribution is 5.94. The van der Waals surface area contributed by atoms with Crippen LogP contribution in [0.1, 0.15) is 51.9 Å². The number of ether oxygens (including phenoxy) is 2. The molecular weight excluding hydrogens is 631 g/mol. The van der Waals surface area contributed by atoms with E-state index in [4.69, 9.17) is 9.47 Å². The SMILES string of the molecule is C=CCN(C)C[C@@H]1O[C@H](c2ccc(-c3cccc(CNC(=O)c4c(F)c(F)c(F)c(F)c4F)c3)cc2)O[C@H](c2ccc(CO)cc2)[C@@H]1C. The molecule has 1 aliphatic heterocycles. The zero-order valence-electron chi connectivity index (χ0n) is 26.4. The Bertz CT molecular complexity index is 1740. The smallest absolute Gasteiger partial charge is 0.257 e. The molecule has 4 atom stereocenters. The van der Waals surface area contributed by atoms with Gasteiger partial charge in [0.25, 0.3) is 5.91 Å². The summed E-state index contributed by atoms with van der Waals surface area (Å²) in [6.07, 6.45) is 0.743. The predicted octanol–water partition coefficient (Wildman–Crippen LogP) is 7.38. The Hall–Kier alpha value is -4.42. The van der Waals surface area contributed by atoms with Crippen molar-refractivity contribution in [3.63, 3.8) is 0 Å². The molecule has 1 saturated heterocycles. The molecule has 1 heterocycles. The van der Waals surface area contributed by atoms with Crippen molar-refractivity contribution in [1.29, 1.82) is 0 Å². The number of nitrogens with one attached hydrogen (secondary N) is 1. The highest BCUT2D eigenvalue weighted by Crippen LogP contribution is 2.42. The van der Waals surface area contributed by atoms with Gasteiger partial charge >= 0.3 is 0 Å². The van der Waals surface area contributed by atoms with E-state index in [0.29, 0.717) is 18.7 Å². The number of rotatable bonds is 11. The molecule has 4 aromatic carbocycles. The Morgan fingerprint density at radius 1 is 0.854 bits per heavy atom. The third-order valence-electron chi connectivity index (χ3n) is 8.39. The molecule has 48 heavy (non-hydrogen) atoms. The third kappa shape index (κ3) is 7.50. The van der Waals surface area contributed by atoms with Crippen LogP contribution in [0.5, 0.6) is 0 Å². The molecule has 0 bridgehead atoms. The van der Waals surface area contributed by atoms with Crippen molar-refractivity contribution in [2.75, 3.05) is 20.1 Å². The van der Waals surface area contributed by atoms with Crippen LogP contribution in [0.15, 0.2) is 85.5 Å². The van der Waals surface area contributed by atoms with E-state index >= 15 is 0 Å². The number of hydrogen-bond donors (Lipinski definition) is 2. The van der Waals surface area contributed by atoms with Crippen LogP contribution in [0.3, 0.4) is 0 Å². The van der Waals surface area contributed by atoms with Crippen molar-refractivity contribution in [3.8, 4) is 11.1 Å². The van der Waals surface area contributed by atoms with Gasteiger partial charge in [-0.1, -0.05) is 79.7 Å². The van der Waals surface area contributed by atoms with Crippen LogP contribution >= 0.6 is 0 Å². The van der Waals surface area contributed by atoms with Crippen molar-refractivity contribution in [2.45, 2.75) is 38.6 Å². The Kier molecular flexibility index (Phi) is 11.1. The van der Waals surface area contributed by atoms with Gasteiger partial charge in [0.05, 0.1) is 18.8 Å². The van der Waals surface area contributed by atoms with Crippen molar-refractivity contribution < 1.29 is 41.3 Å². The number of likely N-dealkylation sites (N-methyl/N-ethyl adjacent to an activating group) is 1. The first-order valence-electron chi connectivity index (χ1n) is 15.3. The van der Waals surface area contributed by atoms with Crippen LogP contribution in [-0.4, -0.2) is 42.2 Å². The lowest BCUT2D eigenvalue weighted by Gasteiger charge is -2.42. The molecule has 5 rings (SSSR count). The largest absolute Gasteiger partial charge is 0.392 e. The fraction of sp³-hybridized carbons (Fsp3) is 0.270. The Labute approximate surface area is 275 Å². The lowest BCUT2D eigenvalue weighted by atomic mass is 9.90. The van der Waals surface area contributed by atoms with Crippen molar-refractivity contribution in [3.05, 3.63) is 142 Å². The first-order valence-corrected chi connectivity index (χ1v) is 15.3. The molecule has 1 aliphatic rings. The summed E-state index contributed by atoms with van der Waals surface area (Å²) in [5.74, 6) is -12.5. The fourth-order valence-corrected chi connectivity index (χ4v) is 5.70. The minimum atomic E-state index is -2.33. The van der Waals surface area contributed by atoms with E-state index < -0.39 is 46.8 Å². The summed E-state index contributed by atoms with van der Waals surface area (Å²) in [5, 5.41) is 11.7. The maximum absolute atomic E-state index is 14.1. The number of nitrogens with zero attached hydrogens (tertiary/aromatic N) is 1. The van der Waals surface area contributed by atoms with Crippen LogP contribution < -0.4 is 5.32 Å². The molecule has 0 unspecified atom stereocenters. The van der Waals surface area contributed by atoms with E-state index in [1.54, 1.807) is 18.2 Å². The molecule has 1 fully saturated rings. The number of halogens is 5. The summed E-state index contributed by atoms with van der Waals surface area (Å²) in [5.41, 5.74) is 3.14. The summed E-state index contributed by atoms with van der Waals surface area (Å²) in [4.78, 5) is 14.5. The molecule has 252 valence electrons. The quantitative estimate of drug-likeness (QED) is 0.0757. The summed E-state index contributed by atoms with van der Waals surface area (Å²) in [6, 6.07) is 22.2. The number of amides is 1. The van der Waals surface area contributed by atoms with E-state index in [9.17, 15) is 31.9 Å². The molecule has 11 heteroatoms. The average Bonchev–Trinajstić information content (AvgIpc) is 3.10. The summed E-state index contributed by atoms with van der Waals surface area (Å²) in [6.45, 7) is 7.00. The van der Waals surface area contributed by atoms with Gasteiger partial charge in [-0.3, -0.25) is 4.79 Å². The molecule has 0 aromatic heterocycles. The number of hydrogen-bond acceptors (Lipinski definition) is 5. The Morgan fingerprint density at radius 2 is 1.48 bits per heavy atom. The molecule has 0 aliphatic carbocycles. The number of aliphatic hydroxyl groups excluding tert-OH is 1. The van der Waals surface area contributed by atoms with E-state index in [1.807, 2.05) is 67.7 Å². The number of benzene rings is 4. The standard InChI is InChI=1S/C37H35F5N2O4/c1-4-16-44(3)19-28-21(2)35(25-10-8-22(20-45)9-11-25)48-37(47-28)26-14-12-24(13-15-26)27-7-5-6-23(17-27)18-43-36(46)29-30(38)32(40)34(42)33(41)31(29)39/h4-15,17,21,28,35,37,45H,1,16,18-20H2,2-3H3,(H,43,46)/t21-,28+,35+,37+/m1/s1. The van der Waals surface area contributed by atoms with Crippen LogP contribution in [0.25, 0.3) is 11.1 Å². The predicted molar refractivity (Wildman–Crippen MR) is 170 cm³/mol. The zero-order chi connectivity index (χ0) is 34.5. The van der Waals surface area contributed by atoms with Gasteiger partial charge in [-0.25, -0.2) is 22.0 Å². The Balaban J connectivity index is 1.32. The second kappa shape index (κ2) is 15.2. The van der Waals surface area contributed by atoms with Crippen molar-refractivity contribution >= 4 is 5.91 Å². The van der Waals surface area contributed by atoms with Crippen molar-refractivity contribution in [2.24, 2.45) is 5.92 Å². The van der Waals surface area contributed by atoms with Gasteiger partial charge in [-0.15, -0.1) is 6.58 Å². The van der Waals surface area contributed by atoms with Crippen LogP contribution in [0.4, 0.5) is 22.0 Å². The van der Waals surface area contributed by atoms with Crippen LogP contribution in [0.2, 0.25) is 0 Å². The summed E-state index contributed by atoms with van der Waals surface area (Å²) >= 11 is 0. The first-order chi connectivity index (χ1) is 23.0. The molecule has 0 spiro atoms. The number of aliphatic hydroxyl groups is 1. The summed E-state index contributed by atoms with van der Waals surface area (Å²) in [7, 11) is 2.00. The Morgan fingerprint density at radius 3 is 2.10 bits per heavy atom. The van der Waals surface area contributed by atoms with E-state index in [0.717, 1.165) is 27.8 Å². The minimum absolute atomic E-state index is 0.0186. The van der Waals surface area contributed by atoms with Gasteiger partial charge in [0, 0.05) is 31.1 Å². The molecule has 4 aromatic rings. The highest BCUT2D eigenvalue weighted by Gasteiger charge is 2.38. The van der Waals surface area contributed by atoms with E-state index in [2.05, 4.69) is 23.7 Å². The van der Waals surface area contributed by atoms with Crippen molar-refractivity contribution in [1.82, 2.24) is 10.2 Å². The number of carbonyl (C=O) groups excluding carboxylic acids is 1. The molecule has 6 nitrogen and oxygen atoms in total. The average molecular weight is 667 g/mol. The topological polar surface area (TPSA) is 71.0 Å². The van der Waals surface area contributed by atoms with Gasteiger partial charge in [-0.2, -0.15) is 0 Å². The van der Waals surface area contributed by atoms with Gasteiger partial charge in [0.2, 0.25) is 5.82 Å². The van der Waals surface area contributed by atoms with Gasteiger partial charge in [0.1, 0.15) is 5.56 Å². The second-order valence-electron chi connectivity index (χ2n) is 11.8. The fourth-order valence-electron chi connectivity index (χ4n) is 5.70. The maximum atomic E-state index is 14.1. The number of carbonyl (C=O) groups is 1. The first kappa shape index (κ1) is 34.9. The zero-order valence-corrected chi connectivity index (χ0v) is 26.4. The molecule has 2 N–H and O–H groups in total. The normalized spacial score (nSPS) is 19.4. The molecule has 0 radical (unpaired) electrons. The van der Waals surface area contributed by atoms with Crippen LogP contribution in [0, 0.1) is 35.0 Å². The maximum Gasteiger partial charge on any atom is 0.257 e. The van der Waals surface area contributed by atoms with E-state index in [-0.39, 0.29) is 31.3 Å². The lowest BCUT2D eigenvalue weighted by molar-refractivity contribution is -0.275. The third-order valence-corrected chi connectivity index (χ3v) is 8.39. The molecule has 1 amide bonds. The monoisotopic (exact) mass is 666 g/mol. The van der Waals surface area contributed by atoms with Gasteiger partial charge in [0.15, 0.2) is 29.6 Å². The van der Waals surface area contributed by atoms with Gasteiger partial charge in [-0.05, 0) is 40.9 Å². The van der Waals surface area contributed by atoms with Crippen LogP contribution in [-0.2, 0) is 22.6 Å².